The first-order valence-electron chi connectivity index (χ1n) is 5.53. The van der Waals surface area contributed by atoms with Gasteiger partial charge in [-0.05, 0) is 34.8 Å². The van der Waals surface area contributed by atoms with Crippen molar-refractivity contribution in [3.63, 3.8) is 0 Å². The van der Waals surface area contributed by atoms with Crippen LogP contribution in [0.5, 0.6) is 0 Å². The Bertz CT molecular complexity index is 487. The largest absolute Gasteiger partial charge is 0.417 e. The van der Waals surface area contributed by atoms with Crippen molar-refractivity contribution < 1.29 is 22.7 Å². The molecule has 1 unspecified atom stereocenters. The highest BCUT2D eigenvalue weighted by atomic mass is 79.9. The average Bonchev–Trinajstić information content (AvgIpc) is 2.83. The van der Waals surface area contributed by atoms with Gasteiger partial charge in [0.25, 0.3) is 5.91 Å². The van der Waals surface area contributed by atoms with Gasteiger partial charge in [0.05, 0.1) is 5.56 Å². The minimum Gasteiger partial charge on any atom is -0.368 e. The molecule has 104 valence electrons. The quantitative estimate of drug-likeness (QED) is 0.901. The Morgan fingerprint density at radius 3 is 2.84 bits per heavy atom. The molecule has 1 atom stereocenters. The zero-order valence-electron chi connectivity index (χ0n) is 9.63. The Hall–Kier alpha value is -1.15. The van der Waals surface area contributed by atoms with Crippen LogP contribution >= 0.6 is 15.9 Å². The number of rotatable bonds is 2. The lowest BCUT2D eigenvalue weighted by molar-refractivity contribution is -0.138. The summed E-state index contributed by atoms with van der Waals surface area (Å²) in [5.74, 6) is -0.614. The number of aromatic nitrogens is 1. The summed E-state index contributed by atoms with van der Waals surface area (Å²) in [6, 6.07) is 0.789. The van der Waals surface area contributed by atoms with E-state index in [1.54, 1.807) is 0 Å². The maximum atomic E-state index is 12.7. The van der Waals surface area contributed by atoms with Gasteiger partial charge in [-0.3, -0.25) is 4.79 Å². The number of carbonyl (C=O) groups excluding carboxylic acids is 1. The average molecular weight is 339 g/mol. The minimum absolute atomic E-state index is 0.143. The Balaban J connectivity index is 2.15. The van der Waals surface area contributed by atoms with E-state index < -0.39 is 23.8 Å². The third-order valence-corrected chi connectivity index (χ3v) is 3.27. The summed E-state index contributed by atoms with van der Waals surface area (Å²) in [4.78, 5) is 15.4. The van der Waals surface area contributed by atoms with Crippen LogP contribution in [-0.4, -0.2) is 23.6 Å². The summed E-state index contributed by atoms with van der Waals surface area (Å²) < 4.78 is 43.0. The lowest BCUT2D eigenvalue weighted by atomic mass is 10.2. The van der Waals surface area contributed by atoms with Gasteiger partial charge in [-0.25, -0.2) is 4.98 Å². The van der Waals surface area contributed by atoms with Crippen LogP contribution in [0.15, 0.2) is 16.7 Å². The standard InChI is InChI=1S/C11H10BrF3N2O2/c12-7-5-16-9(4-6(7)11(13,14)15)17-10(18)8-2-1-3-19-8/h4-5,8H,1-3H2,(H,16,17,18). The number of amides is 1. The van der Waals surface area contributed by atoms with E-state index in [-0.39, 0.29) is 10.3 Å². The van der Waals surface area contributed by atoms with E-state index in [1.807, 2.05) is 0 Å². The van der Waals surface area contributed by atoms with Crippen LogP contribution < -0.4 is 5.32 Å². The van der Waals surface area contributed by atoms with Gasteiger partial charge in [-0.15, -0.1) is 0 Å². The maximum Gasteiger partial charge on any atom is 0.417 e. The predicted octanol–water partition coefficient (Wildman–Crippen LogP) is 2.98. The lowest BCUT2D eigenvalue weighted by Gasteiger charge is -2.13. The topological polar surface area (TPSA) is 51.2 Å². The second-order valence-electron chi connectivity index (χ2n) is 4.04. The number of pyridine rings is 1. The number of nitrogens with one attached hydrogen (secondary N) is 1. The molecule has 1 aliphatic heterocycles. The van der Waals surface area contributed by atoms with Crippen molar-refractivity contribution in [1.82, 2.24) is 4.98 Å². The molecule has 0 radical (unpaired) electrons. The third-order valence-electron chi connectivity index (χ3n) is 2.63. The van der Waals surface area contributed by atoms with Gasteiger partial charge in [-0.2, -0.15) is 13.2 Å². The van der Waals surface area contributed by atoms with Gasteiger partial charge >= 0.3 is 6.18 Å². The number of halogens is 4. The number of anilines is 1. The van der Waals surface area contributed by atoms with Crippen molar-refractivity contribution in [3.8, 4) is 0 Å². The third kappa shape index (κ3) is 3.44. The predicted molar refractivity (Wildman–Crippen MR) is 64.5 cm³/mol. The monoisotopic (exact) mass is 338 g/mol. The van der Waals surface area contributed by atoms with Crippen molar-refractivity contribution in [2.75, 3.05) is 11.9 Å². The van der Waals surface area contributed by atoms with Crippen LogP contribution in [-0.2, 0) is 15.7 Å². The normalized spacial score (nSPS) is 19.5. The SMILES string of the molecule is O=C(Nc1cc(C(F)(F)F)c(Br)cn1)C1CCCO1. The van der Waals surface area contributed by atoms with Gasteiger partial charge in [-0.1, -0.05) is 0 Å². The maximum absolute atomic E-state index is 12.7. The molecule has 1 aromatic rings. The highest BCUT2D eigenvalue weighted by molar-refractivity contribution is 9.10. The van der Waals surface area contributed by atoms with Gasteiger partial charge in [0.2, 0.25) is 0 Å². The molecule has 19 heavy (non-hydrogen) atoms. The highest BCUT2D eigenvalue weighted by Crippen LogP contribution is 2.35. The van der Waals surface area contributed by atoms with Crippen LogP contribution in [0, 0.1) is 0 Å². The molecular weight excluding hydrogens is 329 g/mol. The second-order valence-corrected chi connectivity index (χ2v) is 4.89. The Morgan fingerprint density at radius 2 is 2.26 bits per heavy atom. The fourth-order valence-electron chi connectivity index (χ4n) is 1.72. The van der Waals surface area contributed by atoms with Crippen molar-refractivity contribution >= 4 is 27.7 Å². The van der Waals surface area contributed by atoms with Gasteiger partial charge < -0.3 is 10.1 Å². The number of hydrogen-bond acceptors (Lipinski definition) is 3. The summed E-state index contributed by atoms with van der Waals surface area (Å²) in [7, 11) is 0. The zero-order chi connectivity index (χ0) is 14.0. The first-order chi connectivity index (χ1) is 8.88. The summed E-state index contributed by atoms with van der Waals surface area (Å²) in [6.45, 7) is 0.486. The van der Waals surface area contributed by atoms with E-state index in [2.05, 4.69) is 26.2 Å². The summed E-state index contributed by atoms with van der Waals surface area (Å²) >= 11 is 2.78. The van der Waals surface area contributed by atoms with E-state index in [4.69, 9.17) is 4.74 Å². The summed E-state index contributed by atoms with van der Waals surface area (Å²) in [5, 5.41) is 2.33. The molecule has 0 spiro atoms. The van der Waals surface area contributed by atoms with E-state index in [0.717, 1.165) is 18.7 Å². The van der Waals surface area contributed by atoms with E-state index in [1.165, 1.54) is 0 Å². The fraction of sp³-hybridized carbons (Fsp3) is 0.455. The fourth-order valence-corrected chi connectivity index (χ4v) is 2.16. The van der Waals surface area contributed by atoms with Crippen molar-refractivity contribution in [2.45, 2.75) is 25.1 Å². The Labute approximate surface area is 115 Å². The molecule has 8 heteroatoms. The molecule has 0 saturated carbocycles. The van der Waals surface area contributed by atoms with Crippen molar-refractivity contribution in [2.24, 2.45) is 0 Å². The highest BCUT2D eigenvalue weighted by Gasteiger charge is 2.34. The molecule has 1 amide bonds. The Morgan fingerprint density at radius 1 is 1.53 bits per heavy atom. The number of ether oxygens (including phenoxy) is 1. The number of hydrogen-bond donors (Lipinski definition) is 1. The van der Waals surface area contributed by atoms with Crippen molar-refractivity contribution in [1.29, 1.82) is 0 Å². The minimum atomic E-state index is -4.51. The molecule has 2 rings (SSSR count). The zero-order valence-corrected chi connectivity index (χ0v) is 11.2. The number of alkyl halides is 3. The molecule has 1 N–H and O–H groups in total. The van der Waals surface area contributed by atoms with Crippen LogP contribution in [0.3, 0.4) is 0 Å². The van der Waals surface area contributed by atoms with Crippen LogP contribution in [0.1, 0.15) is 18.4 Å². The molecular formula is C11H10BrF3N2O2. The summed E-state index contributed by atoms with van der Waals surface area (Å²) in [6.07, 6.45) is -2.78. The molecule has 0 aliphatic carbocycles. The van der Waals surface area contributed by atoms with Crippen LogP contribution in [0.25, 0.3) is 0 Å². The molecule has 2 heterocycles. The molecule has 1 aliphatic rings. The molecule has 1 fully saturated rings. The van der Waals surface area contributed by atoms with E-state index in [0.29, 0.717) is 13.0 Å². The second kappa shape index (κ2) is 5.46. The molecule has 1 saturated heterocycles. The summed E-state index contributed by atoms with van der Waals surface area (Å²) in [5.41, 5.74) is -0.884. The molecule has 1 aromatic heterocycles. The van der Waals surface area contributed by atoms with Gasteiger partial charge in [0.1, 0.15) is 11.9 Å². The van der Waals surface area contributed by atoms with Gasteiger partial charge in [0, 0.05) is 17.3 Å². The molecule has 0 bridgehead atoms. The first-order valence-corrected chi connectivity index (χ1v) is 6.32. The number of carbonyl (C=O) groups is 1. The van der Waals surface area contributed by atoms with E-state index in [9.17, 15) is 18.0 Å². The van der Waals surface area contributed by atoms with E-state index >= 15 is 0 Å². The van der Waals surface area contributed by atoms with Gasteiger partial charge in [0.15, 0.2) is 0 Å². The lowest BCUT2D eigenvalue weighted by Crippen LogP contribution is -2.27. The smallest absolute Gasteiger partial charge is 0.368 e. The first kappa shape index (κ1) is 14.3. The Kier molecular flexibility index (Phi) is 4.10. The molecule has 0 aromatic carbocycles. The number of nitrogens with zero attached hydrogens (tertiary/aromatic N) is 1. The van der Waals surface area contributed by atoms with Crippen LogP contribution in [0.2, 0.25) is 0 Å². The van der Waals surface area contributed by atoms with Crippen molar-refractivity contribution in [3.05, 3.63) is 22.3 Å². The molecule has 4 nitrogen and oxygen atoms in total. The van der Waals surface area contributed by atoms with Crippen LogP contribution in [0.4, 0.5) is 19.0 Å².